The van der Waals surface area contributed by atoms with E-state index in [1.807, 2.05) is 59.3 Å². The Balaban J connectivity index is 1.77. The standard InChI is InChI=1S/C22H28N2O2/c1-16(2)14-23(3)21(25)18-10-7-13-24(15-18)22(26)20-12-6-9-17-8-4-5-11-19(17)20/h4-6,8-9,11-12,16,18H,7,10,13-15H2,1-3H3. The summed E-state index contributed by atoms with van der Waals surface area (Å²) in [6.45, 7) is 6.22. The molecular formula is C22H28N2O2. The Hall–Kier alpha value is -2.36. The van der Waals surface area contributed by atoms with Gasteiger partial charge in [0.1, 0.15) is 0 Å². The van der Waals surface area contributed by atoms with Crippen LogP contribution in [-0.2, 0) is 4.79 Å². The zero-order chi connectivity index (χ0) is 18.7. The number of piperidine rings is 1. The van der Waals surface area contributed by atoms with Gasteiger partial charge in [-0.2, -0.15) is 0 Å². The summed E-state index contributed by atoms with van der Waals surface area (Å²) in [5.74, 6) is 0.548. The van der Waals surface area contributed by atoms with Crippen LogP contribution >= 0.6 is 0 Å². The summed E-state index contributed by atoms with van der Waals surface area (Å²) in [5.41, 5.74) is 0.728. The number of carbonyl (C=O) groups excluding carboxylic acids is 2. The molecule has 0 saturated carbocycles. The van der Waals surface area contributed by atoms with Crippen LogP contribution in [0.25, 0.3) is 10.8 Å². The highest BCUT2D eigenvalue weighted by molar-refractivity contribution is 6.07. The maximum Gasteiger partial charge on any atom is 0.254 e. The van der Waals surface area contributed by atoms with Crippen molar-refractivity contribution in [3.8, 4) is 0 Å². The summed E-state index contributed by atoms with van der Waals surface area (Å²) in [7, 11) is 1.87. The van der Waals surface area contributed by atoms with E-state index in [2.05, 4.69) is 13.8 Å². The highest BCUT2D eigenvalue weighted by Crippen LogP contribution is 2.24. The van der Waals surface area contributed by atoms with E-state index >= 15 is 0 Å². The molecule has 0 spiro atoms. The van der Waals surface area contributed by atoms with Gasteiger partial charge in [-0.25, -0.2) is 0 Å². The van der Waals surface area contributed by atoms with Gasteiger partial charge >= 0.3 is 0 Å². The molecule has 26 heavy (non-hydrogen) atoms. The predicted molar refractivity (Wildman–Crippen MR) is 105 cm³/mol. The number of fused-ring (bicyclic) bond motifs is 1. The fourth-order valence-electron chi connectivity index (χ4n) is 3.89. The van der Waals surface area contributed by atoms with Gasteiger partial charge in [0.05, 0.1) is 5.92 Å². The van der Waals surface area contributed by atoms with Gasteiger partial charge in [-0.1, -0.05) is 50.2 Å². The van der Waals surface area contributed by atoms with E-state index in [9.17, 15) is 9.59 Å². The fourth-order valence-corrected chi connectivity index (χ4v) is 3.89. The lowest BCUT2D eigenvalue weighted by Gasteiger charge is -2.34. The number of hydrogen-bond acceptors (Lipinski definition) is 2. The smallest absolute Gasteiger partial charge is 0.254 e. The number of benzene rings is 2. The van der Waals surface area contributed by atoms with Gasteiger partial charge in [-0.15, -0.1) is 0 Å². The molecule has 1 saturated heterocycles. The molecule has 1 aliphatic rings. The minimum absolute atomic E-state index is 0.0332. The monoisotopic (exact) mass is 352 g/mol. The summed E-state index contributed by atoms with van der Waals surface area (Å²) >= 11 is 0. The molecule has 138 valence electrons. The van der Waals surface area contributed by atoms with Crippen molar-refractivity contribution in [1.29, 1.82) is 0 Å². The molecule has 1 heterocycles. The second kappa shape index (κ2) is 7.90. The van der Waals surface area contributed by atoms with Crippen LogP contribution in [0.1, 0.15) is 37.0 Å². The second-order valence-electron chi connectivity index (χ2n) is 7.73. The van der Waals surface area contributed by atoms with Crippen molar-refractivity contribution in [3.63, 3.8) is 0 Å². The maximum atomic E-state index is 13.1. The first-order chi connectivity index (χ1) is 12.5. The van der Waals surface area contributed by atoms with E-state index in [1.54, 1.807) is 0 Å². The third-order valence-corrected chi connectivity index (χ3v) is 5.09. The molecule has 1 aliphatic heterocycles. The van der Waals surface area contributed by atoms with Crippen LogP contribution in [0.2, 0.25) is 0 Å². The molecule has 0 bridgehead atoms. The van der Waals surface area contributed by atoms with E-state index in [4.69, 9.17) is 0 Å². The molecule has 1 atom stereocenters. The van der Waals surface area contributed by atoms with E-state index in [0.717, 1.165) is 42.3 Å². The molecule has 0 N–H and O–H groups in total. The van der Waals surface area contributed by atoms with Crippen molar-refractivity contribution in [3.05, 3.63) is 48.0 Å². The molecule has 1 fully saturated rings. The number of likely N-dealkylation sites (tertiary alicyclic amines) is 1. The molecule has 0 aliphatic carbocycles. The third kappa shape index (κ3) is 3.90. The van der Waals surface area contributed by atoms with Crippen molar-refractivity contribution in [2.75, 3.05) is 26.7 Å². The Morgan fingerprint density at radius 3 is 2.65 bits per heavy atom. The summed E-state index contributed by atoms with van der Waals surface area (Å²) < 4.78 is 0. The highest BCUT2D eigenvalue weighted by atomic mass is 16.2. The number of nitrogens with zero attached hydrogens (tertiary/aromatic N) is 2. The zero-order valence-electron chi connectivity index (χ0n) is 15.9. The van der Waals surface area contributed by atoms with Crippen molar-refractivity contribution in [2.45, 2.75) is 26.7 Å². The van der Waals surface area contributed by atoms with E-state index in [-0.39, 0.29) is 17.7 Å². The first-order valence-corrected chi connectivity index (χ1v) is 9.49. The second-order valence-corrected chi connectivity index (χ2v) is 7.73. The number of rotatable bonds is 4. The maximum absolute atomic E-state index is 13.1. The van der Waals surface area contributed by atoms with Crippen molar-refractivity contribution in [1.82, 2.24) is 9.80 Å². The molecule has 0 radical (unpaired) electrons. The number of hydrogen-bond donors (Lipinski definition) is 0. The van der Waals surface area contributed by atoms with Gasteiger partial charge in [0, 0.05) is 32.2 Å². The van der Waals surface area contributed by atoms with Crippen molar-refractivity contribution in [2.24, 2.45) is 11.8 Å². The Labute approximate surface area is 155 Å². The first kappa shape index (κ1) is 18.4. The van der Waals surface area contributed by atoms with Gasteiger partial charge in [-0.3, -0.25) is 9.59 Å². The lowest BCUT2D eigenvalue weighted by atomic mass is 9.95. The topological polar surface area (TPSA) is 40.6 Å². The van der Waals surface area contributed by atoms with Crippen LogP contribution in [0, 0.1) is 11.8 Å². The van der Waals surface area contributed by atoms with E-state index in [0.29, 0.717) is 12.5 Å². The highest BCUT2D eigenvalue weighted by Gasteiger charge is 2.31. The quantitative estimate of drug-likeness (QED) is 0.840. The molecule has 1 unspecified atom stereocenters. The molecule has 4 nitrogen and oxygen atoms in total. The van der Waals surface area contributed by atoms with Crippen LogP contribution in [0.5, 0.6) is 0 Å². The lowest BCUT2D eigenvalue weighted by molar-refractivity contribution is -0.136. The summed E-state index contributed by atoms with van der Waals surface area (Å²) in [6.07, 6.45) is 1.74. The van der Waals surface area contributed by atoms with Gasteiger partial charge in [0.15, 0.2) is 0 Å². The molecule has 4 heteroatoms. The van der Waals surface area contributed by atoms with Crippen molar-refractivity contribution < 1.29 is 9.59 Å². The van der Waals surface area contributed by atoms with E-state index < -0.39 is 0 Å². The molecule has 2 amide bonds. The SMILES string of the molecule is CC(C)CN(C)C(=O)C1CCCN(C(=O)c2cccc3ccccc23)C1. The minimum atomic E-state index is -0.0913. The third-order valence-electron chi connectivity index (χ3n) is 5.09. The first-order valence-electron chi connectivity index (χ1n) is 9.49. The molecular weight excluding hydrogens is 324 g/mol. The van der Waals surface area contributed by atoms with Crippen LogP contribution in [0.4, 0.5) is 0 Å². The lowest BCUT2D eigenvalue weighted by Crippen LogP contribution is -2.46. The van der Waals surface area contributed by atoms with E-state index in [1.165, 1.54) is 0 Å². The molecule has 3 rings (SSSR count). The largest absolute Gasteiger partial charge is 0.345 e. The average Bonchev–Trinajstić information content (AvgIpc) is 2.66. The number of carbonyl (C=O) groups is 2. The summed E-state index contributed by atoms with van der Waals surface area (Å²) in [6, 6.07) is 13.8. The average molecular weight is 352 g/mol. The molecule has 0 aromatic heterocycles. The van der Waals surface area contributed by atoms with Gasteiger partial charge in [-0.05, 0) is 35.6 Å². The van der Waals surface area contributed by atoms with Crippen molar-refractivity contribution >= 4 is 22.6 Å². The Bertz CT molecular complexity index is 794. The fraction of sp³-hybridized carbons (Fsp3) is 0.455. The zero-order valence-corrected chi connectivity index (χ0v) is 15.9. The van der Waals surface area contributed by atoms with Crippen LogP contribution in [0.15, 0.2) is 42.5 Å². The predicted octanol–water partition coefficient (Wildman–Crippen LogP) is 3.81. The van der Waals surface area contributed by atoms with Crippen LogP contribution < -0.4 is 0 Å². The summed E-state index contributed by atoms with van der Waals surface area (Å²) in [5, 5.41) is 2.05. The Morgan fingerprint density at radius 2 is 1.88 bits per heavy atom. The summed E-state index contributed by atoms with van der Waals surface area (Å²) in [4.78, 5) is 29.5. The van der Waals surface area contributed by atoms with Gasteiger partial charge < -0.3 is 9.80 Å². The van der Waals surface area contributed by atoms with Gasteiger partial charge in [0.25, 0.3) is 5.91 Å². The van der Waals surface area contributed by atoms with Gasteiger partial charge in [0.2, 0.25) is 5.91 Å². The Morgan fingerprint density at radius 1 is 1.15 bits per heavy atom. The minimum Gasteiger partial charge on any atom is -0.345 e. The number of amides is 2. The van der Waals surface area contributed by atoms with Crippen LogP contribution in [-0.4, -0.2) is 48.3 Å². The molecule has 2 aromatic rings. The normalized spacial score (nSPS) is 17.5. The Kier molecular flexibility index (Phi) is 5.60. The molecule has 2 aromatic carbocycles. The van der Waals surface area contributed by atoms with Crippen LogP contribution in [0.3, 0.4) is 0 Å².